The normalized spacial score (nSPS) is 13.0. The van der Waals surface area contributed by atoms with E-state index in [4.69, 9.17) is 4.84 Å². The molecule has 0 heterocycles. The molecule has 0 fully saturated rings. The van der Waals surface area contributed by atoms with Gasteiger partial charge in [-0.2, -0.15) is 0 Å². The molecular weight excluding hydrogens is 366 g/mol. The molecule has 0 aliphatic carbocycles. The first-order chi connectivity index (χ1) is 12.8. The Hall–Kier alpha value is -2.26. The molecule has 0 saturated heterocycles. The maximum Gasteiger partial charge on any atom is 0.264 e. The maximum absolute atomic E-state index is 12.8. The minimum atomic E-state index is -3.82. The Kier molecular flexibility index (Phi) is 7.09. The number of benzene rings is 2. The van der Waals surface area contributed by atoms with Crippen LogP contribution in [0.5, 0.6) is 0 Å². The fraction of sp³-hybridized carbons (Fsp3) is 0.316. The number of nitrogens with one attached hydrogen (secondary N) is 2. The zero-order valence-corrected chi connectivity index (χ0v) is 16.8. The third-order valence-corrected chi connectivity index (χ3v) is 5.79. The second kappa shape index (κ2) is 9.09. The molecule has 0 aliphatic heterocycles. The Morgan fingerprint density at radius 2 is 1.81 bits per heavy atom. The number of rotatable bonds is 8. The van der Waals surface area contributed by atoms with Crippen molar-refractivity contribution in [2.24, 2.45) is 0 Å². The fourth-order valence-electron chi connectivity index (χ4n) is 2.63. The molecule has 8 heteroatoms. The molecule has 0 spiro atoms. The van der Waals surface area contributed by atoms with Crippen molar-refractivity contribution >= 4 is 15.9 Å². The van der Waals surface area contributed by atoms with Crippen LogP contribution < -0.4 is 10.2 Å². The van der Waals surface area contributed by atoms with E-state index in [2.05, 4.69) is 5.32 Å². The van der Waals surface area contributed by atoms with E-state index in [0.717, 1.165) is 10.0 Å². The molecule has 0 bridgehead atoms. The van der Waals surface area contributed by atoms with E-state index in [1.807, 2.05) is 44.4 Å². The predicted molar refractivity (Wildman–Crippen MR) is 103 cm³/mol. The minimum Gasteiger partial charge on any atom is -0.340 e. The van der Waals surface area contributed by atoms with E-state index in [-0.39, 0.29) is 22.4 Å². The van der Waals surface area contributed by atoms with Crippen LogP contribution in [0.2, 0.25) is 0 Å². The number of hydrogen-bond acceptors (Lipinski definition) is 4. The molecule has 2 aromatic rings. The van der Waals surface area contributed by atoms with Gasteiger partial charge in [0.05, 0.1) is 26.1 Å². The first-order valence-corrected chi connectivity index (χ1v) is 9.97. The highest BCUT2D eigenvalue weighted by molar-refractivity contribution is 7.89. The van der Waals surface area contributed by atoms with Gasteiger partial charge in [0.2, 0.25) is 0 Å². The van der Waals surface area contributed by atoms with Crippen LogP contribution in [0.3, 0.4) is 0 Å². The summed E-state index contributed by atoms with van der Waals surface area (Å²) in [6, 6.07) is 15.4. The van der Waals surface area contributed by atoms with Crippen molar-refractivity contribution in [3.63, 3.8) is 0 Å². The molecule has 0 aromatic heterocycles. The maximum atomic E-state index is 12.8. The molecule has 27 heavy (non-hydrogen) atoms. The summed E-state index contributed by atoms with van der Waals surface area (Å²) in [6.45, 7) is 0.695. The molecule has 0 aliphatic rings. The number of hydroxylamine groups is 1. The number of sulfonamides is 1. The zero-order valence-electron chi connectivity index (χ0n) is 16.0. The summed E-state index contributed by atoms with van der Waals surface area (Å²) >= 11 is 0. The van der Waals surface area contributed by atoms with Crippen LogP contribution >= 0.6 is 0 Å². The van der Waals surface area contributed by atoms with Gasteiger partial charge in [-0.15, -0.1) is 0 Å². The van der Waals surface area contributed by atoms with Crippen LogP contribution in [0, 0.1) is 0 Å². The summed E-state index contributed by atoms with van der Waals surface area (Å²) in [5.41, 5.74) is 1.27. The van der Waals surface area contributed by atoms with Gasteiger partial charge in [0.15, 0.2) is 0 Å². The minimum absolute atomic E-state index is 0.00556. The summed E-state index contributed by atoms with van der Waals surface area (Å²) < 4.78 is 25.5. The highest BCUT2D eigenvalue weighted by Crippen LogP contribution is 2.17. The van der Waals surface area contributed by atoms with E-state index >= 15 is 0 Å². The standard InChI is InChI=1S/C19H25N3O4S/c1-21(2)14-18(15-9-6-5-7-10-15)20-19(23)16-11-8-12-17(13-16)27(24,25)22(3)26-4/h5-13,18H,14H2,1-4H3,(H,20,23)/p+1/t18-/m1/s1. The number of quaternary nitrogens is 1. The van der Waals surface area contributed by atoms with Gasteiger partial charge in [0.25, 0.3) is 15.9 Å². The van der Waals surface area contributed by atoms with Gasteiger partial charge >= 0.3 is 0 Å². The summed E-state index contributed by atoms with van der Waals surface area (Å²) in [6.07, 6.45) is 0. The Morgan fingerprint density at radius 1 is 1.15 bits per heavy atom. The van der Waals surface area contributed by atoms with E-state index < -0.39 is 10.0 Å². The lowest BCUT2D eigenvalue weighted by atomic mass is 10.1. The number of amides is 1. The zero-order chi connectivity index (χ0) is 20.0. The molecule has 0 unspecified atom stereocenters. The molecule has 0 radical (unpaired) electrons. The van der Waals surface area contributed by atoms with Crippen LogP contribution in [0.1, 0.15) is 22.0 Å². The topological polar surface area (TPSA) is 80.1 Å². The number of carbonyl (C=O) groups excluding carboxylic acids is 1. The molecule has 0 saturated carbocycles. The Bertz CT molecular complexity index is 870. The fourth-order valence-corrected chi connectivity index (χ4v) is 3.65. The second-order valence-electron chi connectivity index (χ2n) is 6.47. The van der Waals surface area contributed by atoms with Crippen molar-refractivity contribution in [3.8, 4) is 0 Å². The van der Waals surface area contributed by atoms with E-state index in [9.17, 15) is 13.2 Å². The molecule has 146 valence electrons. The predicted octanol–water partition coefficient (Wildman–Crippen LogP) is 0.484. The molecule has 1 atom stereocenters. The van der Waals surface area contributed by atoms with Crippen molar-refractivity contribution in [2.45, 2.75) is 10.9 Å². The third kappa shape index (κ3) is 5.36. The average molecular weight is 393 g/mol. The van der Waals surface area contributed by atoms with Crippen LogP contribution in [-0.4, -0.2) is 53.6 Å². The van der Waals surface area contributed by atoms with E-state index in [1.165, 1.54) is 31.2 Å². The van der Waals surface area contributed by atoms with Crippen LogP contribution in [0.15, 0.2) is 59.5 Å². The highest BCUT2D eigenvalue weighted by Gasteiger charge is 2.23. The molecule has 2 aromatic carbocycles. The van der Waals surface area contributed by atoms with E-state index in [0.29, 0.717) is 6.54 Å². The summed E-state index contributed by atoms with van der Waals surface area (Å²) in [7, 11) is 2.77. The third-order valence-electron chi connectivity index (χ3n) is 4.11. The molecular formula is C19H26N3O4S+. The molecule has 2 N–H and O–H groups in total. The van der Waals surface area contributed by atoms with Crippen molar-refractivity contribution < 1.29 is 22.9 Å². The smallest absolute Gasteiger partial charge is 0.264 e. The van der Waals surface area contributed by atoms with Crippen LogP contribution in [-0.2, 0) is 14.9 Å². The van der Waals surface area contributed by atoms with Gasteiger partial charge in [-0.3, -0.25) is 9.63 Å². The molecule has 1 amide bonds. The van der Waals surface area contributed by atoms with Crippen molar-refractivity contribution in [3.05, 3.63) is 65.7 Å². The highest BCUT2D eigenvalue weighted by atomic mass is 32.2. The number of nitrogens with zero attached hydrogens (tertiary/aromatic N) is 1. The summed E-state index contributed by atoms with van der Waals surface area (Å²) in [5, 5.41) is 3.00. The lowest BCUT2D eigenvalue weighted by Gasteiger charge is -2.21. The lowest BCUT2D eigenvalue weighted by molar-refractivity contribution is -0.860. The Labute approximate surface area is 160 Å². The first-order valence-electron chi connectivity index (χ1n) is 8.53. The van der Waals surface area contributed by atoms with Gasteiger partial charge < -0.3 is 10.2 Å². The van der Waals surface area contributed by atoms with Crippen molar-refractivity contribution in [1.82, 2.24) is 9.79 Å². The first kappa shape index (κ1) is 21.0. The van der Waals surface area contributed by atoms with E-state index in [1.54, 1.807) is 12.1 Å². The van der Waals surface area contributed by atoms with Gasteiger partial charge in [0, 0.05) is 12.6 Å². The Balaban J connectivity index is 2.27. The van der Waals surface area contributed by atoms with Gasteiger partial charge in [0.1, 0.15) is 12.6 Å². The van der Waals surface area contributed by atoms with Gasteiger partial charge in [-0.25, -0.2) is 8.42 Å². The molecule has 2 rings (SSSR count). The van der Waals surface area contributed by atoms with Crippen molar-refractivity contribution in [2.75, 3.05) is 34.8 Å². The Morgan fingerprint density at radius 3 is 2.41 bits per heavy atom. The quantitative estimate of drug-likeness (QED) is 0.641. The van der Waals surface area contributed by atoms with Gasteiger partial charge in [-0.05, 0) is 23.8 Å². The number of hydrogen-bond donors (Lipinski definition) is 2. The van der Waals surface area contributed by atoms with Crippen LogP contribution in [0.25, 0.3) is 0 Å². The number of likely N-dealkylation sites (N-methyl/N-ethyl adjacent to an activating group) is 1. The van der Waals surface area contributed by atoms with Gasteiger partial charge in [-0.1, -0.05) is 40.9 Å². The van der Waals surface area contributed by atoms with Crippen LogP contribution in [0.4, 0.5) is 0 Å². The summed E-state index contributed by atoms with van der Waals surface area (Å²) in [4.78, 5) is 18.7. The number of carbonyl (C=O) groups is 1. The van der Waals surface area contributed by atoms with Crippen molar-refractivity contribution in [1.29, 1.82) is 0 Å². The summed E-state index contributed by atoms with van der Waals surface area (Å²) in [5.74, 6) is -0.331. The largest absolute Gasteiger partial charge is 0.340 e. The average Bonchev–Trinajstić information content (AvgIpc) is 2.67. The SMILES string of the molecule is CON(C)S(=O)(=O)c1cccc(C(=O)N[C@H](C[NH+](C)C)c2ccccc2)c1. The monoisotopic (exact) mass is 392 g/mol. The second-order valence-corrected chi connectivity index (χ2v) is 8.41. The lowest BCUT2D eigenvalue weighted by Crippen LogP contribution is -3.06. The molecule has 7 nitrogen and oxygen atoms in total.